The normalized spacial score (nSPS) is 22.9. The third-order valence-electron chi connectivity index (χ3n) is 2.50. The van der Waals surface area contributed by atoms with E-state index >= 15 is 0 Å². The van der Waals surface area contributed by atoms with Crippen molar-refractivity contribution in [2.24, 2.45) is 0 Å². The van der Waals surface area contributed by atoms with Crippen LogP contribution in [0.15, 0.2) is 0 Å². The maximum absolute atomic E-state index is 9.51. The Morgan fingerprint density at radius 1 is 1.33 bits per heavy atom. The average molecular weight is 277 g/mol. The zero-order valence-corrected chi connectivity index (χ0v) is 11.2. The van der Waals surface area contributed by atoms with Crippen molar-refractivity contribution in [1.82, 2.24) is 9.76 Å². The van der Waals surface area contributed by atoms with Crippen LogP contribution < -0.4 is 5.09 Å². The summed E-state index contributed by atoms with van der Waals surface area (Å²) in [4.78, 5) is 0. The molecule has 0 aromatic carbocycles. The van der Waals surface area contributed by atoms with Gasteiger partial charge in [0, 0.05) is 0 Å². The second kappa shape index (κ2) is 7.23. The van der Waals surface area contributed by atoms with Gasteiger partial charge in [-0.1, -0.05) is 0 Å². The Hall–Kier alpha value is 0.850. The molecular formula is C8H19Cl2N2O2P. The van der Waals surface area contributed by atoms with Gasteiger partial charge in [0.1, 0.15) is 0 Å². The summed E-state index contributed by atoms with van der Waals surface area (Å²) in [6, 6.07) is 0. The van der Waals surface area contributed by atoms with Crippen LogP contribution >= 0.6 is 31.0 Å². The summed E-state index contributed by atoms with van der Waals surface area (Å²) in [7, 11) is -2.36. The number of hydrogen-bond acceptors (Lipinski definition) is 4. The van der Waals surface area contributed by atoms with E-state index in [1.165, 1.54) is 0 Å². The first-order chi connectivity index (χ1) is 7.29. The number of nitrogens with zero attached hydrogens (tertiary/aromatic N) is 1. The van der Waals surface area contributed by atoms with Crippen molar-refractivity contribution >= 4 is 31.0 Å². The second-order valence-electron chi connectivity index (χ2n) is 3.44. The van der Waals surface area contributed by atoms with Gasteiger partial charge < -0.3 is 0 Å². The van der Waals surface area contributed by atoms with Gasteiger partial charge in [0.15, 0.2) is 0 Å². The Kier molecular flexibility index (Phi) is 6.71. The summed E-state index contributed by atoms with van der Waals surface area (Å²) < 4.78 is 7.86. The third-order valence-corrected chi connectivity index (χ3v) is 6.22. The van der Waals surface area contributed by atoms with E-state index in [0.717, 1.165) is 13.0 Å². The number of aliphatic hydroxyl groups excluding tert-OH is 1. The van der Waals surface area contributed by atoms with Gasteiger partial charge in [-0.05, 0) is 0 Å². The number of rotatable bonds is 6. The summed E-state index contributed by atoms with van der Waals surface area (Å²) >= 11 is 11.5. The van der Waals surface area contributed by atoms with E-state index in [1.807, 2.05) is 0 Å². The molecule has 1 saturated heterocycles. The number of hydrogen-bond donors (Lipinski definition) is 2. The zero-order chi connectivity index (χ0) is 11.1. The van der Waals surface area contributed by atoms with Crippen molar-refractivity contribution in [2.75, 3.05) is 44.3 Å². The molecule has 15 heavy (non-hydrogen) atoms. The quantitative estimate of drug-likeness (QED) is 0.566. The van der Waals surface area contributed by atoms with Gasteiger partial charge in [0.25, 0.3) is 0 Å². The fourth-order valence-electron chi connectivity index (χ4n) is 1.73. The van der Waals surface area contributed by atoms with Gasteiger partial charge in [-0.15, -0.1) is 0 Å². The molecule has 1 rings (SSSR count). The number of nitrogens with one attached hydrogen (secondary N) is 1. The van der Waals surface area contributed by atoms with Crippen LogP contribution in [0.4, 0.5) is 0 Å². The number of alkyl halides is 2. The van der Waals surface area contributed by atoms with E-state index in [2.05, 4.69) is 9.76 Å². The van der Waals surface area contributed by atoms with Crippen LogP contribution in [0.3, 0.4) is 0 Å². The van der Waals surface area contributed by atoms with Crippen molar-refractivity contribution in [2.45, 2.75) is 6.42 Å². The van der Waals surface area contributed by atoms with Crippen molar-refractivity contribution in [1.29, 1.82) is 0 Å². The fourth-order valence-corrected chi connectivity index (χ4v) is 5.33. The predicted octanol–water partition coefficient (Wildman–Crippen LogP) is 1.22. The SMILES string of the molecule is OC[PH]1(N(CCCl)CCCl)NCCCO1. The van der Waals surface area contributed by atoms with Gasteiger partial charge in [-0.25, -0.2) is 0 Å². The molecule has 0 unspecified atom stereocenters. The van der Waals surface area contributed by atoms with E-state index in [1.54, 1.807) is 0 Å². The Morgan fingerprint density at radius 3 is 2.40 bits per heavy atom. The molecule has 2 N–H and O–H groups in total. The fraction of sp³-hybridized carbons (Fsp3) is 1.00. The summed E-state index contributed by atoms with van der Waals surface area (Å²) in [6.45, 7) is 3.01. The van der Waals surface area contributed by atoms with Crippen LogP contribution in [0.2, 0.25) is 0 Å². The number of aliphatic hydroxyl groups is 1. The van der Waals surface area contributed by atoms with Crippen LogP contribution in [0.1, 0.15) is 6.42 Å². The topological polar surface area (TPSA) is 44.7 Å². The van der Waals surface area contributed by atoms with Crippen molar-refractivity contribution in [3.63, 3.8) is 0 Å². The molecule has 1 aliphatic rings. The molecule has 0 saturated carbocycles. The Labute approximate surface area is 101 Å². The van der Waals surface area contributed by atoms with E-state index in [4.69, 9.17) is 27.7 Å². The molecule has 7 heteroatoms. The first-order valence-corrected chi connectivity index (χ1v) is 8.29. The van der Waals surface area contributed by atoms with Crippen LogP contribution in [-0.4, -0.2) is 54.1 Å². The molecule has 0 amide bonds. The minimum absolute atomic E-state index is 0.0424. The summed E-state index contributed by atoms with van der Waals surface area (Å²) in [5.74, 6) is 1.05. The molecule has 4 nitrogen and oxygen atoms in total. The van der Waals surface area contributed by atoms with Crippen LogP contribution in [0.5, 0.6) is 0 Å². The van der Waals surface area contributed by atoms with Crippen molar-refractivity contribution in [3.05, 3.63) is 0 Å². The molecule has 1 heterocycles. The molecule has 0 aromatic rings. The average Bonchev–Trinajstić information content (AvgIpc) is 2.30. The van der Waals surface area contributed by atoms with Gasteiger partial charge in [-0.3, -0.25) is 0 Å². The first-order valence-electron chi connectivity index (χ1n) is 5.16. The van der Waals surface area contributed by atoms with Crippen LogP contribution in [-0.2, 0) is 4.52 Å². The van der Waals surface area contributed by atoms with Crippen molar-refractivity contribution < 1.29 is 9.63 Å². The molecule has 0 bridgehead atoms. The minimum atomic E-state index is -2.36. The van der Waals surface area contributed by atoms with E-state index in [-0.39, 0.29) is 6.35 Å². The molecular weight excluding hydrogens is 258 g/mol. The van der Waals surface area contributed by atoms with Gasteiger partial charge in [0.2, 0.25) is 0 Å². The Balaban J connectivity index is 2.65. The maximum atomic E-state index is 9.51. The predicted molar refractivity (Wildman–Crippen MR) is 67.0 cm³/mol. The first kappa shape index (κ1) is 13.9. The molecule has 0 radical (unpaired) electrons. The molecule has 92 valence electrons. The van der Waals surface area contributed by atoms with Crippen LogP contribution in [0, 0.1) is 0 Å². The summed E-state index contributed by atoms with van der Waals surface area (Å²) in [5.41, 5.74) is 0. The van der Waals surface area contributed by atoms with Gasteiger partial charge in [-0.2, -0.15) is 0 Å². The van der Waals surface area contributed by atoms with E-state index in [9.17, 15) is 5.11 Å². The monoisotopic (exact) mass is 276 g/mol. The molecule has 1 fully saturated rings. The standard InChI is InChI=1S/C8H19Cl2N2O2P/c9-2-5-12(6-3-10)15(8-13)11-4-1-7-14-15/h11,13,15H,1-8H2. The van der Waals surface area contributed by atoms with Gasteiger partial charge in [0.05, 0.1) is 0 Å². The van der Waals surface area contributed by atoms with E-state index in [0.29, 0.717) is 31.5 Å². The van der Waals surface area contributed by atoms with Crippen molar-refractivity contribution in [3.8, 4) is 0 Å². The molecule has 0 spiro atoms. The number of halogens is 2. The Bertz CT molecular complexity index is 176. The summed E-state index contributed by atoms with van der Waals surface area (Å²) in [6.07, 6.45) is 1.03. The third kappa shape index (κ3) is 3.67. The van der Waals surface area contributed by atoms with Crippen LogP contribution in [0.25, 0.3) is 0 Å². The van der Waals surface area contributed by atoms with Gasteiger partial charge >= 0.3 is 101 Å². The summed E-state index contributed by atoms with van der Waals surface area (Å²) in [5, 5.41) is 12.8. The zero-order valence-electron chi connectivity index (χ0n) is 8.72. The Morgan fingerprint density at radius 2 is 2.00 bits per heavy atom. The molecule has 0 aromatic heterocycles. The molecule has 0 aliphatic carbocycles. The molecule has 1 aliphatic heterocycles. The molecule has 0 atom stereocenters. The second-order valence-corrected chi connectivity index (χ2v) is 7.35. The van der Waals surface area contributed by atoms with E-state index < -0.39 is 7.79 Å².